The van der Waals surface area contributed by atoms with Crippen LogP contribution in [-0.4, -0.2) is 41.7 Å². The first kappa shape index (κ1) is 29.1. The smallest absolute Gasteiger partial charge is 0.384 e. The number of aliphatic imine (C=N–C) groups is 1. The van der Waals surface area contributed by atoms with Gasteiger partial charge in [0.25, 0.3) is 5.91 Å². The normalized spacial score (nSPS) is 17.4. The first-order valence-electron chi connectivity index (χ1n) is 12.7. The van der Waals surface area contributed by atoms with Gasteiger partial charge < -0.3 is 15.5 Å². The van der Waals surface area contributed by atoms with Crippen molar-refractivity contribution in [3.8, 4) is 6.07 Å². The third-order valence-electron chi connectivity index (χ3n) is 6.30. The lowest BCUT2D eigenvalue weighted by Gasteiger charge is -2.17. The average Bonchev–Trinajstić information content (AvgIpc) is 3.45. The molecule has 13 heteroatoms. The summed E-state index contributed by atoms with van der Waals surface area (Å²) in [5.74, 6) is -2.34. The summed E-state index contributed by atoms with van der Waals surface area (Å²) in [6, 6.07) is 21.1. The molecule has 2 N–H and O–H groups in total. The Kier molecular flexibility index (Phi) is 8.20. The van der Waals surface area contributed by atoms with E-state index in [0.717, 1.165) is 5.56 Å². The van der Waals surface area contributed by atoms with Gasteiger partial charge in [-0.15, -0.1) is 0 Å². The number of nitrogens with one attached hydrogen (secondary N) is 2. The molecule has 0 aliphatic carbocycles. The summed E-state index contributed by atoms with van der Waals surface area (Å²) in [5.41, 5.74) is 3.21. The van der Waals surface area contributed by atoms with Gasteiger partial charge in [-0.05, 0) is 60.6 Å². The summed E-state index contributed by atoms with van der Waals surface area (Å²) < 4.78 is 38.3. The Labute approximate surface area is 248 Å². The number of rotatable bonds is 6. The van der Waals surface area contributed by atoms with Crippen LogP contribution in [0.4, 0.5) is 35.9 Å². The molecule has 1 fully saturated rings. The molecule has 0 spiro atoms. The van der Waals surface area contributed by atoms with Crippen LogP contribution in [0.15, 0.2) is 86.6 Å². The first-order chi connectivity index (χ1) is 20.1. The van der Waals surface area contributed by atoms with Gasteiger partial charge in [0.15, 0.2) is 5.17 Å². The van der Waals surface area contributed by atoms with E-state index in [1.54, 1.807) is 41.1 Å². The number of benzene rings is 3. The van der Waals surface area contributed by atoms with Gasteiger partial charge >= 0.3 is 12.1 Å². The predicted molar refractivity (Wildman–Crippen MR) is 159 cm³/mol. The van der Waals surface area contributed by atoms with Crippen molar-refractivity contribution in [3.05, 3.63) is 87.8 Å². The molecule has 214 valence electrons. The fraction of sp³-hybridized carbons (Fsp3) is 0.172. The minimum atomic E-state index is -5.01. The Morgan fingerprint density at radius 1 is 1.07 bits per heavy atom. The number of halogens is 3. The maximum absolute atomic E-state index is 13.9. The van der Waals surface area contributed by atoms with Gasteiger partial charge in [-0.25, -0.2) is 4.99 Å². The first-order valence-corrected chi connectivity index (χ1v) is 14.3. The number of hydrogen-bond acceptors (Lipinski definition) is 8. The molecule has 8 nitrogen and oxygen atoms in total. The standard InChI is InChI=1S/C29H23F3N6O2S2/c1-3-34-20-11-9-18(15-33)13-21(20)36-28-38(16-17-7-5-4-6-8-17)25(39)24(42-28)26-37(2)22-12-10-19(14-23(22)41-26)35-27(40)29(30,31)32/h4-14,34H,3,16H2,1-2H3,(H,35,40)/b26-24-,36-28?. The number of amidine groups is 1. The molecule has 3 aromatic rings. The molecular formula is C29H23F3N6O2S2. The number of thioether (sulfide) groups is 2. The summed E-state index contributed by atoms with van der Waals surface area (Å²) in [6.45, 7) is 2.83. The quantitative estimate of drug-likeness (QED) is 0.302. The van der Waals surface area contributed by atoms with Crippen molar-refractivity contribution in [2.45, 2.75) is 24.5 Å². The van der Waals surface area contributed by atoms with Crippen LogP contribution >= 0.6 is 23.5 Å². The van der Waals surface area contributed by atoms with Crippen molar-refractivity contribution in [3.63, 3.8) is 0 Å². The van der Waals surface area contributed by atoms with Crippen LogP contribution in [0.2, 0.25) is 0 Å². The minimum Gasteiger partial charge on any atom is -0.384 e. The SMILES string of the molecule is CCNc1ccc(C#N)cc1N=C1S/C(=C2\Sc3cc(NC(=O)C(F)(F)F)ccc3N2C)C(=O)N1Cc1ccccc1. The zero-order chi connectivity index (χ0) is 30.0. The van der Waals surface area contributed by atoms with Crippen LogP contribution in [0.25, 0.3) is 0 Å². The van der Waals surface area contributed by atoms with Gasteiger partial charge in [0.2, 0.25) is 0 Å². The molecule has 2 heterocycles. The van der Waals surface area contributed by atoms with E-state index in [9.17, 15) is 28.0 Å². The van der Waals surface area contributed by atoms with Gasteiger partial charge in [-0.2, -0.15) is 18.4 Å². The lowest BCUT2D eigenvalue weighted by Crippen LogP contribution is -2.29. The summed E-state index contributed by atoms with van der Waals surface area (Å²) in [7, 11) is 1.76. The predicted octanol–water partition coefficient (Wildman–Crippen LogP) is 6.67. The molecule has 0 aromatic heterocycles. The Morgan fingerprint density at radius 3 is 2.52 bits per heavy atom. The van der Waals surface area contributed by atoms with E-state index in [0.29, 0.717) is 49.2 Å². The van der Waals surface area contributed by atoms with Crippen molar-refractivity contribution in [1.82, 2.24) is 4.90 Å². The molecule has 42 heavy (non-hydrogen) atoms. The van der Waals surface area contributed by atoms with Crippen LogP contribution in [0.3, 0.4) is 0 Å². The molecule has 2 aliphatic heterocycles. The van der Waals surface area contributed by atoms with Crippen LogP contribution in [0, 0.1) is 11.3 Å². The van der Waals surface area contributed by atoms with Crippen molar-refractivity contribution >= 4 is 63.3 Å². The Hall–Kier alpha value is -4.41. The molecular weight excluding hydrogens is 585 g/mol. The largest absolute Gasteiger partial charge is 0.471 e. The highest BCUT2D eigenvalue weighted by Gasteiger charge is 2.41. The van der Waals surface area contributed by atoms with E-state index >= 15 is 0 Å². The van der Waals surface area contributed by atoms with E-state index in [1.165, 1.54) is 35.7 Å². The minimum absolute atomic E-state index is 0.00471. The molecule has 0 unspecified atom stereocenters. The number of hydrogen-bond donors (Lipinski definition) is 2. The Bertz CT molecular complexity index is 1670. The maximum atomic E-state index is 13.9. The summed E-state index contributed by atoms with van der Waals surface area (Å²) in [6.07, 6.45) is -5.01. The Balaban J connectivity index is 1.53. The fourth-order valence-corrected chi connectivity index (χ4v) is 6.67. The summed E-state index contributed by atoms with van der Waals surface area (Å²) in [4.78, 5) is 34.6. The van der Waals surface area contributed by atoms with Crippen molar-refractivity contribution in [2.75, 3.05) is 29.1 Å². The second kappa shape index (κ2) is 11.8. The highest BCUT2D eigenvalue weighted by atomic mass is 32.2. The average molecular weight is 609 g/mol. The van der Waals surface area contributed by atoms with E-state index in [4.69, 9.17) is 4.99 Å². The molecule has 3 aromatic carbocycles. The number of carbonyl (C=O) groups is 2. The third-order valence-corrected chi connectivity index (χ3v) is 8.71. The fourth-order valence-electron chi connectivity index (χ4n) is 4.29. The maximum Gasteiger partial charge on any atom is 0.471 e. The summed E-state index contributed by atoms with van der Waals surface area (Å²) >= 11 is 2.41. The second-order valence-corrected chi connectivity index (χ2v) is 11.2. The number of anilines is 3. The highest BCUT2D eigenvalue weighted by Crippen LogP contribution is 2.51. The van der Waals surface area contributed by atoms with E-state index < -0.39 is 12.1 Å². The number of nitrogens with zero attached hydrogens (tertiary/aromatic N) is 4. The molecule has 0 atom stereocenters. The number of carbonyl (C=O) groups excluding carboxylic acids is 2. The topological polar surface area (TPSA) is 101 Å². The molecule has 2 aliphatic rings. The van der Waals surface area contributed by atoms with Crippen molar-refractivity contribution in [1.29, 1.82) is 5.26 Å². The molecule has 2 amide bonds. The zero-order valence-electron chi connectivity index (χ0n) is 22.3. The monoisotopic (exact) mass is 608 g/mol. The number of nitriles is 1. The number of fused-ring (bicyclic) bond motifs is 1. The van der Waals surface area contributed by atoms with E-state index in [1.807, 2.05) is 42.6 Å². The molecule has 0 bridgehead atoms. The van der Waals surface area contributed by atoms with Crippen LogP contribution in [-0.2, 0) is 16.1 Å². The van der Waals surface area contributed by atoms with Gasteiger partial charge in [-0.1, -0.05) is 42.1 Å². The van der Waals surface area contributed by atoms with Gasteiger partial charge in [-0.3, -0.25) is 14.5 Å². The third kappa shape index (κ3) is 5.95. The molecule has 0 saturated carbocycles. The van der Waals surface area contributed by atoms with E-state index in [-0.39, 0.29) is 18.1 Å². The van der Waals surface area contributed by atoms with Gasteiger partial charge in [0.05, 0.1) is 40.3 Å². The molecule has 5 rings (SSSR count). The van der Waals surface area contributed by atoms with Crippen LogP contribution in [0.1, 0.15) is 18.1 Å². The van der Waals surface area contributed by atoms with E-state index in [2.05, 4.69) is 11.4 Å². The molecule has 0 radical (unpaired) electrons. The second-order valence-electron chi connectivity index (χ2n) is 9.18. The highest BCUT2D eigenvalue weighted by molar-refractivity contribution is 8.19. The number of alkyl halides is 3. The number of amides is 2. The molecule has 1 saturated heterocycles. The zero-order valence-corrected chi connectivity index (χ0v) is 24.0. The van der Waals surface area contributed by atoms with Gasteiger partial charge in [0, 0.05) is 24.2 Å². The van der Waals surface area contributed by atoms with Gasteiger partial charge in [0.1, 0.15) is 4.91 Å². The lowest BCUT2D eigenvalue weighted by molar-refractivity contribution is -0.167. The Morgan fingerprint density at radius 2 is 1.83 bits per heavy atom. The van der Waals surface area contributed by atoms with Crippen molar-refractivity contribution < 1.29 is 22.8 Å². The lowest BCUT2D eigenvalue weighted by atomic mass is 10.2. The summed E-state index contributed by atoms with van der Waals surface area (Å²) in [5, 5.41) is 15.6. The van der Waals surface area contributed by atoms with Crippen LogP contribution < -0.4 is 15.5 Å². The van der Waals surface area contributed by atoms with Crippen molar-refractivity contribution in [2.24, 2.45) is 4.99 Å². The van der Waals surface area contributed by atoms with Crippen LogP contribution in [0.5, 0.6) is 0 Å².